The van der Waals surface area contributed by atoms with E-state index in [0.717, 1.165) is 33.3 Å². The largest absolute Gasteiger partial charge is 0.335 e. The van der Waals surface area contributed by atoms with Crippen LogP contribution < -0.4 is 5.32 Å². The van der Waals surface area contributed by atoms with Crippen LogP contribution in [0.1, 0.15) is 5.56 Å². The Morgan fingerprint density at radius 3 is 2.77 bits per heavy atom. The van der Waals surface area contributed by atoms with Crippen LogP contribution >= 0.6 is 11.3 Å². The van der Waals surface area contributed by atoms with Gasteiger partial charge in [-0.05, 0) is 52.2 Å². The smallest absolute Gasteiger partial charge is 0.228 e. The molecular formula is C29H20N8OS. The van der Waals surface area contributed by atoms with E-state index in [1.807, 2.05) is 60.0 Å². The van der Waals surface area contributed by atoms with Crippen molar-refractivity contribution in [3.63, 3.8) is 0 Å². The number of aromatic amines is 2. The Labute approximate surface area is 226 Å². The molecule has 0 fully saturated rings. The molecule has 7 rings (SSSR count). The van der Waals surface area contributed by atoms with E-state index in [9.17, 15) is 4.79 Å². The first-order valence-electron chi connectivity index (χ1n) is 12.2. The number of H-pyrrole nitrogens is 2. The minimum absolute atomic E-state index is 0.110. The number of nitrogens with zero attached hydrogens (tertiary/aromatic N) is 5. The van der Waals surface area contributed by atoms with E-state index in [0.29, 0.717) is 34.1 Å². The maximum atomic E-state index is 12.6. The lowest BCUT2D eigenvalue weighted by molar-refractivity contribution is -0.115. The van der Waals surface area contributed by atoms with Crippen molar-refractivity contribution in [2.24, 2.45) is 0 Å². The standard InChI is InChI=1S/C29H20N8OS/c38-24(12-17-4-2-1-3-5-17)32-20-13-19(14-30-15-20)22-6-7-23-26(33-22)27(37-36-23)29-34-25-21(18-9-11-39-16-18)8-10-31-28(25)35-29/h1-11,13-16H,12H2,(H,32,38)(H,36,37)(H,31,34,35). The number of imidazole rings is 1. The maximum Gasteiger partial charge on any atom is 0.228 e. The number of fused-ring (bicyclic) bond motifs is 2. The molecule has 1 aromatic carbocycles. The van der Waals surface area contributed by atoms with Gasteiger partial charge in [-0.2, -0.15) is 16.4 Å². The van der Waals surface area contributed by atoms with Gasteiger partial charge >= 0.3 is 0 Å². The molecule has 0 atom stereocenters. The average molecular weight is 529 g/mol. The molecule has 9 nitrogen and oxygen atoms in total. The molecule has 0 aliphatic carbocycles. The van der Waals surface area contributed by atoms with Crippen molar-refractivity contribution < 1.29 is 4.79 Å². The summed E-state index contributed by atoms with van der Waals surface area (Å²) in [4.78, 5) is 34.3. The molecule has 10 heteroatoms. The zero-order valence-electron chi connectivity index (χ0n) is 20.4. The van der Waals surface area contributed by atoms with Gasteiger partial charge in [-0.15, -0.1) is 0 Å². The summed E-state index contributed by atoms with van der Waals surface area (Å²) < 4.78 is 0. The third-order valence-corrected chi connectivity index (χ3v) is 7.06. The number of anilines is 1. The maximum absolute atomic E-state index is 12.6. The Morgan fingerprint density at radius 1 is 0.974 bits per heavy atom. The number of carbonyl (C=O) groups excluding carboxylic acids is 1. The molecule has 6 heterocycles. The molecule has 0 unspecified atom stereocenters. The summed E-state index contributed by atoms with van der Waals surface area (Å²) in [5.74, 6) is 0.470. The predicted octanol–water partition coefficient (Wildman–Crippen LogP) is 5.87. The molecule has 0 spiro atoms. The molecule has 0 saturated carbocycles. The number of carbonyl (C=O) groups is 1. The summed E-state index contributed by atoms with van der Waals surface area (Å²) in [5, 5.41) is 14.6. The Kier molecular flexibility index (Phi) is 5.64. The van der Waals surface area contributed by atoms with E-state index in [2.05, 4.69) is 41.9 Å². The van der Waals surface area contributed by atoms with Gasteiger partial charge in [0.05, 0.1) is 35.0 Å². The SMILES string of the molecule is O=C(Cc1ccccc1)Nc1cncc(-c2ccc3[nH]nc(-c4nc5nccc(-c6ccsc6)c5[nH]4)c3n2)c1. The van der Waals surface area contributed by atoms with Crippen LogP contribution in [0.15, 0.2) is 90.0 Å². The molecule has 0 radical (unpaired) electrons. The van der Waals surface area contributed by atoms with Crippen LogP contribution in [0.2, 0.25) is 0 Å². The third kappa shape index (κ3) is 4.42. The van der Waals surface area contributed by atoms with Crippen LogP contribution in [-0.4, -0.2) is 41.0 Å². The van der Waals surface area contributed by atoms with Crippen molar-refractivity contribution >= 4 is 45.1 Å². The first-order chi connectivity index (χ1) is 19.2. The van der Waals surface area contributed by atoms with Crippen molar-refractivity contribution in [1.82, 2.24) is 35.1 Å². The second-order valence-corrected chi connectivity index (χ2v) is 9.77. The van der Waals surface area contributed by atoms with Crippen LogP contribution in [0.4, 0.5) is 5.69 Å². The number of amides is 1. The van der Waals surface area contributed by atoms with Gasteiger partial charge in [0.1, 0.15) is 5.52 Å². The van der Waals surface area contributed by atoms with Crippen LogP contribution in [0, 0.1) is 0 Å². The van der Waals surface area contributed by atoms with Gasteiger partial charge in [0.2, 0.25) is 5.91 Å². The fourth-order valence-corrected chi connectivity index (χ4v) is 5.20. The zero-order valence-corrected chi connectivity index (χ0v) is 21.2. The summed E-state index contributed by atoms with van der Waals surface area (Å²) in [5.41, 5.74) is 8.67. The molecule has 0 aliphatic rings. The Balaban J connectivity index is 1.21. The molecule has 6 aromatic heterocycles. The highest BCUT2D eigenvalue weighted by Gasteiger charge is 2.17. The topological polar surface area (TPSA) is 125 Å². The van der Waals surface area contributed by atoms with E-state index in [-0.39, 0.29) is 12.3 Å². The van der Waals surface area contributed by atoms with Crippen LogP contribution in [0.5, 0.6) is 0 Å². The second-order valence-electron chi connectivity index (χ2n) is 8.99. The second kappa shape index (κ2) is 9.58. The predicted molar refractivity (Wildman–Crippen MR) is 152 cm³/mol. The summed E-state index contributed by atoms with van der Waals surface area (Å²) in [6, 6.07) is 19.3. The first-order valence-corrected chi connectivity index (χ1v) is 13.2. The fourth-order valence-electron chi connectivity index (χ4n) is 4.54. The number of aromatic nitrogens is 7. The molecule has 0 aliphatic heterocycles. The molecule has 0 bridgehead atoms. The Bertz CT molecular complexity index is 1940. The van der Waals surface area contributed by atoms with Crippen molar-refractivity contribution in [2.45, 2.75) is 6.42 Å². The van der Waals surface area contributed by atoms with Gasteiger partial charge in [0, 0.05) is 23.5 Å². The molecule has 188 valence electrons. The van der Waals surface area contributed by atoms with Gasteiger partial charge < -0.3 is 10.3 Å². The van der Waals surface area contributed by atoms with E-state index in [4.69, 9.17) is 9.97 Å². The number of pyridine rings is 3. The highest BCUT2D eigenvalue weighted by molar-refractivity contribution is 7.08. The van der Waals surface area contributed by atoms with Crippen molar-refractivity contribution in [2.75, 3.05) is 5.32 Å². The number of thiophene rings is 1. The minimum atomic E-state index is -0.110. The van der Waals surface area contributed by atoms with Crippen molar-refractivity contribution in [3.05, 3.63) is 95.6 Å². The molecule has 39 heavy (non-hydrogen) atoms. The van der Waals surface area contributed by atoms with E-state index < -0.39 is 0 Å². The highest BCUT2D eigenvalue weighted by Crippen LogP contribution is 2.32. The van der Waals surface area contributed by atoms with Crippen LogP contribution in [-0.2, 0) is 11.2 Å². The lowest BCUT2D eigenvalue weighted by Gasteiger charge is -2.07. The third-order valence-electron chi connectivity index (χ3n) is 6.38. The molecule has 0 saturated heterocycles. The van der Waals surface area contributed by atoms with E-state index >= 15 is 0 Å². The molecule has 7 aromatic rings. The van der Waals surface area contributed by atoms with Crippen molar-refractivity contribution in [1.29, 1.82) is 0 Å². The van der Waals surface area contributed by atoms with E-state index in [1.165, 1.54) is 0 Å². The Morgan fingerprint density at radius 2 is 1.90 bits per heavy atom. The average Bonchev–Trinajstić information content (AvgIpc) is 3.73. The van der Waals surface area contributed by atoms with Crippen LogP contribution in [0.25, 0.3) is 56.1 Å². The van der Waals surface area contributed by atoms with Crippen molar-refractivity contribution in [3.8, 4) is 33.9 Å². The van der Waals surface area contributed by atoms with Crippen LogP contribution in [0.3, 0.4) is 0 Å². The number of nitrogens with one attached hydrogen (secondary N) is 3. The monoisotopic (exact) mass is 528 g/mol. The fraction of sp³-hybridized carbons (Fsp3) is 0.0345. The lowest BCUT2D eigenvalue weighted by atomic mass is 10.1. The van der Waals surface area contributed by atoms with Gasteiger partial charge in [-0.3, -0.25) is 14.9 Å². The highest BCUT2D eigenvalue weighted by atomic mass is 32.1. The number of benzene rings is 1. The van der Waals surface area contributed by atoms with Gasteiger partial charge in [0.15, 0.2) is 17.2 Å². The first kappa shape index (κ1) is 22.9. The molecule has 3 N–H and O–H groups in total. The molecular weight excluding hydrogens is 508 g/mol. The van der Waals surface area contributed by atoms with Gasteiger partial charge in [0.25, 0.3) is 0 Å². The van der Waals surface area contributed by atoms with E-state index in [1.54, 1.807) is 29.9 Å². The summed E-state index contributed by atoms with van der Waals surface area (Å²) in [7, 11) is 0. The van der Waals surface area contributed by atoms with Gasteiger partial charge in [-0.25, -0.2) is 15.0 Å². The lowest BCUT2D eigenvalue weighted by Crippen LogP contribution is -2.14. The Hall–Kier alpha value is -5.22. The number of hydrogen-bond acceptors (Lipinski definition) is 7. The summed E-state index contributed by atoms with van der Waals surface area (Å²) >= 11 is 1.64. The quantitative estimate of drug-likeness (QED) is 0.248. The normalized spacial score (nSPS) is 11.3. The summed E-state index contributed by atoms with van der Waals surface area (Å²) in [6.45, 7) is 0. The minimum Gasteiger partial charge on any atom is -0.335 e. The summed E-state index contributed by atoms with van der Waals surface area (Å²) in [6.07, 6.45) is 5.39. The molecule has 1 amide bonds. The zero-order chi connectivity index (χ0) is 26.2. The number of rotatable bonds is 6. The number of hydrogen-bond donors (Lipinski definition) is 3. The van der Waals surface area contributed by atoms with Gasteiger partial charge in [-0.1, -0.05) is 30.3 Å².